The number of pyridine rings is 1. The Morgan fingerprint density at radius 2 is 1.94 bits per heavy atom. The van der Waals surface area contributed by atoms with E-state index in [1.54, 1.807) is 6.92 Å². The van der Waals surface area contributed by atoms with Crippen molar-refractivity contribution >= 4 is 16.7 Å². The molecule has 1 N–H and O–H groups in total. The van der Waals surface area contributed by atoms with Crippen molar-refractivity contribution in [2.75, 3.05) is 7.11 Å². The van der Waals surface area contributed by atoms with Crippen molar-refractivity contribution in [2.45, 2.75) is 6.92 Å². The first-order valence-electron chi connectivity index (χ1n) is 4.81. The van der Waals surface area contributed by atoms with Crippen LogP contribution in [0.5, 0.6) is 5.88 Å². The third-order valence-electron chi connectivity index (χ3n) is 2.53. The van der Waals surface area contributed by atoms with Crippen LogP contribution in [-0.4, -0.2) is 23.2 Å². The molecule has 1 aromatic heterocycles. The van der Waals surface area contributed by atoms with Crippen molar-refractivity contribution in [1.82, 2.24) is 4.98 Å². The number of carboxylic acids is 1. The van der Waals surface area contributed by atoms with Crippen LogP contribution in [0.4, 0.5) is 0 Å². The van der Waals surface area contributed by atoms with Crippen molar-refractivity contribution in [3.8, 4) is 5.88 Å². The van der Waals surface area contributed by atoms with Gasteiger partial charge in [0.1, 0.15) is 0 Å². The molecule has 0 amide bonds. The molecule has 2 rings (SSSR count). The standard InChI is InChI=1S/C12H11NO3/c1-7-8-5-3-4-6-9(8)11(16-2)13-10(7)12(14)15/h3-6H,1-2H3,(H,14,15). The van der Waals surface area contributed by atoms with Crippen molar-refractivity contribution in [2.24, 2.45) is 0 Å². The van der Waals surface area contributed by atoms with Crippen molar-refractivity contribution < 1.29 is 14.6 Å². The lowest BCUT2D eigenvalue weighted by Crippen LogP contribution is -2.05. The van der Waals surface area contributed by atoms with E-state index < -0.39 is 5.97 Å². The van der Waals surface area contributed by atoms with Crippen LogP contribution in [-0.2, 0) is 0 Å². The zero-order valence-corrected chi connectivity index (χ0v) is 9.02. The highest BCUT2D eigenvalue weighted by molar-refractivity contribution is 5.97. The summed E-state index contributed by atoms with van der Waals surface area (Å²) < 4.78 is 5.10. The molecule has 16 heavy (non-hydrogen) atoms. The van der Waals surface area contributed by atoms with Gasteiger partial charge in [0, 0.05) is 5.39 Å². The fourth-order valence-corrected chi connectivity index (χ4v) is 1.73. The summed E-state index contributed by atoms with van der Waals surface area (Å²) in [6.07, 6.45) is 0. The van der Waals surface area contributed by atoms with E-state index in [-0.39, 0.29) is 5.69 Å². The average molecular weight is 217 g/mol. The van der Waals surface area contributed by atoms with Gasteiger partial charge in [-0.2, -0.15) is 0 Å². The normalized spacial score (nSPS) is 10.4. The first-order chi connectivity index (χ1) is 7.65. The maximum Gasteiger partial charge on any atom is 0.354 e. The molecule has 0 atom stereocenters. The van der Waals surface area contributed by atoms with Crippen LogP contribution < -0.4 is 4.74 Å². The quantitative estimate of drug-likeness (QED) is 0.838. The SMILES string of the molecule is COc1nc(C(=O)O)c(C)c2ccccc12. The highest BCUT2D eigenvalue weighted by atomic mass is 16.5. The molecular weight excluding hydrogens is 206 g/mol. The van der Waals surface area contributed by atoms with Crippen molar-refractivity contribution in [3.05, 3.63) is 35.5 Å². The number of nitrogens with zero attached hydrogens (tertiary/aromatic N) is 1. The number of aromatic carboxylic acids is 1. The summed E-state index contributed by atoms with van der Waals surface area (Å²) >= 11 is 0. The predicted molar refractivity (Wildman–Crippen MR) is 60.0 cm³/mol. The van der Waals surface area contributed by atoms with E-state index in [4.69, 9.17) is 9.84 Å². The second-order valence-corrected chi connectivity index (χ2v) is 3.45. The van der Waals surface area contributed by atoms with Gasteiger partial charge in [0.05, 0.1) is 7.11 Å². The first kappa shape index (κ1) is 10.4. The van der Waals surface area contributed by atoms with E-state index in [2.05, 4.69) is 4.98 Å². The van der Waals surface area contributed by atoms with Crippen LogP contribution in [0.3, 0.4) is 0 Å². The number of hydrogen-bond donors (Lipinski definition) is 1. The monoisotopic (exact) mass is 217 g/mol. The molecule has 4 heteroatoms. The maximum atomic E-state index is 11.0. The van der Waals surface area contributed by atoms with Crippen LogP contribution in [0.2, 0.25) is 0 Å². The zero-order chi connectivity index (χ0) is 11.7. The van der Waals surface area contributed by atoms with Crippen molar-refractivity contribution in [3.63, 3.8) is 0 Å². The van der Waals surface area contributed by atoms with E-state index in [9.17, 15) is 4.79 Å². The molecule has 0 aliphatic heterocycles. The number of ether oxygens (including phenoxy) is 1. The zero-order valence-electron chi connectivity index (χ0n) is 9.02. The molecule has 82 valence electrons. The minimum Gasteiger partial charge on any atom is -0.481 e. The highest BCUT2D eigenvalue weighted by Crippen LogP contribution is 2.27. The van der Waals surface area contributed by atoms with Gasteiger partial charge in [0.25, 0.3) is 0 Å². The number of aryl methyl sites for hydroxylation is 1. The van der Waals surface area contributed by atoms with Crippen molar-refractivity contribution in [1.29, 1.82) is 0 Å². The molecule has 0 spiro atoms. The molecule has 0 fully saturated rings. The molecular formula is C12H11NO3. The van der Waals surface area contributed by atoms with Gasteiger partial charge in [-0.25, -0.2) is 9.78 Å². The molecule has 1 heterocycles. The number of fused-ring (bicyclic) bond motifs is 1. The molecule has 0 saturated carbocycles. The van der Waals surface area contributed by atoms with Crippen LogP contribution >= 0.6 is 0 Å². The molecule has 0 saturated heterocycles. The summed E-state index contributed by atoms with van der Waals surface area (Å²) in [6, 6.07) is 7.45. The molecule has 0 bridgehead atoms. The third-order valence-corrected chi connectivity index (χ3v) is 2.53. The van der Waals surface area contributed by atoms with E-state index >= 15 is 0 Å². The third kappa shape index (κ3) is 1.48. The summed E-state index contributed by atoms with van der Waals surface area (Å²) in [4.78, 5) is 15.0. The Balaban J connectivity index is 2.88. The van der Waals surface area contributed by atoms with E-state index in [0.29, 0.717) is 11.4 Å². The Hall–Kier alpha value is -2.10. The molecule has 0 unspecified atom stereocenters. The molecule has 1 aromatic carbocycles. The average Bonchev–Trinajstić information content (AvgIpc) is 2.29. The van der Waals surface area contributed by atoms with Gasteiger partial charge < -0.3 is 9.84 Å². The van der Waals surface area contributed by atoms with E-state index in [0.717, 1.165) is 10.8 Å². The number of carboxylic acid groups (broad SMARTS) is 1. The van der Waals surface area contributed by atoms with Gasteiger partial charge in [0.2, 0.25) is 5.88 Å². The molecule has 0 aliphatic carbocycles. The van der Waals surface area contributed by atoms with Crippen LogP contribution in [0, 0.1) is 6.92 Å². The second kappa shape index (κ2) is 3.81. The lowest BCUT2D eigenvalue weighted by molar-refractivity contribution is 0.0689. The summed E-state index contributed by atoms with van der Waals surface area (Å²) in [5, 5.41) is 10.7. The number of carbonyl (C=O) groups is 1. The smallest absolute Gasteiger partial charge is 0.354 e. The van der Waals surface area contributed by atoms with Crippen LogP contribution in [0.15, 0.2) is 24.3 Å². The van der Waals surface area contributed by atoms with Gasteiger partial charge in [-0.3, -0.25) is 0 Å². The first-order valence-corrected chi connectivity index (χ1v) is 4.81. The lowest BCUT2D eigenvalue weighted by Gasteiger charge is -2.09. The summed E-state index contributed by atoms with van der Waals surface area (Å²) in [6.45, 7) is 1.75. The van der Waals surface area contributed by atoms with Gasteiger partial charge in [-0.15, -0.1) is 0 Å². The summed E-state index contributed by atoms with van der Waals surface area (Å²) in [5.74, 6) is -0.694. The number of benzene rings is 1. The summed E-state index contributed by atoms with van der Waals surface area (Å²) in [7, 11) is 1.48. The predicted octanol–water partition coefficient (Wildman–Crippen LogP) is 2.25. The largest absolute Gasteiger partial charge is 0.481 e. The Bertz CT molecular complexity index is 563. The Morgan fingerprint density at radius 1 is 1.31 bits per heavy atom. The molecule has 4 nitrogen and oxygen atoms in total. The van der Waals surface area contributed by atoms with Gasteiger partial charge >= 0.3 is 5.97 Å². The number of rotatable bonds is 2. The minimum atomic E-state index is -1.04. The van der Waals surface area contributed by atoms with Crippen LogP contribution in [0.25, 0.3) is 10.8 Å². The highest BCUT2D eigenvalue weighted by Gasteiger charge is 2.15. The van der Waals surface area contributed by atoms with Gasteiger partial charge in [-0.1, -0.05) is 18.2 Å². The van der Waals surface area contributed by atoms with E-state index in [1.807, 2.05) is 24.3 Å². The Labute approximate surface area is 92.5 Å². The van der Waals surface area contributed by atoms with Gasteiger partial charge in [-0.05, 0) is 23.9 Å². The summed E-state index contributed by atoms with van der Waals surface area (Å²) in [5.41, 5.74) is 0.694. The van der Waals surface area contributed by atoms with Crippen LogP contribution in [0.1, 0.15) is 16.1 Å². The number of methoxy groups -OCH3 is 1. The second-order valence-electron chi connectivity index (χ2n) is 3.45. The molecule has 2 aromatic rings. The molecule has 0 aliphatic rings. The number of aromatic nitrogens is 1. The Kier molecular flexibility index (Phi) is 2.48. The molecule has 0 radical (unpaired) electrons. The fourth-order valence-electron chi connectivity index (χ4n) is 1.73. The maximum absolute atomic E-state index is 11.0. The lowest BCUT2D eigenvalue weighted by atomic mass is 10.1. The minimum absolute atomic E-state index is 0.0375. The van der Waals surface area contributed by atoms with Gasteiger partial charge in [0.15, 0.2) is 5.69 Å². The topological polar surface area (TPSA) is 59.4 Å². The Morgan fingerprint density at radius 3 is 2.50 bits per heavy atom. The van der Waals surface area contributed by atoms with E-state index in [1.165, 1.54) is 7.11 Å². The fraction of sp³-hybridized carbons (Fsp3) is 0.167. The number of hydrogen-bond acceptors (Lipinski definition) is 3.